The summed E-state index contributed by atoms with van der Waals surface area (Å²) in [6.45, 7) is 4.07. The van der Waals surface area contributed by atoms with E-state index >= 15 is 0 Å². The van der Waals surface area contributed by atoms with Crippen molar-refractivity contribution < 1.29 is 4.79 Å². The Labute approximate surface area is 106 Å². The molecule has 0 unspecified atom stereocenters. The van der Waals surface area contributed by atoms with Crippen LogP contribution in [0.25, 0.3) is 11.1 Å². The van der Waals surface area contributed by atoms with Crippen molar-refractivity contribution in [1.29, 1.82) is 0 Å². The molecule has 0 heterocycles. The second kappa shape index (κ2) is 4.72. The van der Waals surface area contributed by atoms with Gasteiger partial charge in [-0.15, -0.1) is 0 Å². The van der Waals surface area contributed by atoms with Crippen LogP contribution in [0.5, 0.6) is 0 Å². The van der Waals surface area contributed by atoms with Crippen molar-refractivity contribution in [3.8, 4) is 11.1 Å². The molecule has 0 N–H and O–H groups in total. The van der Waals surface area contributed by atoms with Crippen molar-refractivity contribution in [3.63, 3.8) is 0 Å². The number of benzene rings is 2. The molecule has 0 bridgehead atoms. The summed E-state index contributed by atoms with van der Waals surface area (Å²) in [4.78, 5) is 11.1. The van der Waals surface area contributed by atoms with Crippen molar-refractivity contribution >= 4 is 16.8 Å². The van der Waals surface area contributed by atoms with E-state index in [1.165, 1.54) is 11.1 Å². The van der Waals surface area contributed by atoms with Gasteiger partial charge in [-0.25, -0.2) is 0 Å². The van der Waals surface area contributed by atoms with Crippen molar-refractivity contribution in [2.24, 2.45) is 0 Å². The third-order valence-electron chi connectivity index (χ3n) is 2.89. The minimum atomic E-state index is -0.413. The topological polar surface area (TPSA) is 17.1 Å². The molecular formula is C15H13ClO. The Hall–Kier alpha value is -1.60. The van der Waals surface area contributed by atoms with E-state index in [-0.39, 0.29) is 0 Å². The number of rotatable bonds is 2. The molecule has 17 heavy (non-hydrogen) atoms. The molecule has 0 aliphatic rings. The largest absolute Gasteiger partial charge is 0.276 e. The molecule has 2 rings (SSSR count). The second-order valence-corrected chi connectivity index (χ2v) is 4.46. The highest BCUT2D eigenvalue weighted by Gasteiger charge is 2.07. The first-order chi connectivity index (χ1) is 8.09. The molecule has 1 nitrogen and oxygen atoms in total. The number of carbonyl (C=O) groups is 1. The molecule has 2 heteroatoms. The summed E-state index contributed by atoms with van der Waals surface area (Å²) in [6.07, 6.45) is 0. The molecule has 2 aromatic carbocycles. The third kappa shape index (κ3) is 2.40. The Morgan fingerprint density at radius 1 is 0.941 bits per heavy atom. The van der Waals surface area contributed by atoms with Gasteiger partial charge in [0.25, 0.3) is 5.24 Å². The van der Waals surface area contributed by atoms with Crippen LogP contribution in [-0.2, 0) is 0 Å². The summed E-state index contributed by atoms with van der Waals surface area (Å²) in [5.74, 6) is 0. The van der Waals surface area contributed by atoms with Crippen LogP contribution in [0.4, 0.5) is 0 Å². The number of carbonyl (C=O) groups excluding carboxylic acids is 1. The fraction of sp³-hybridized carbons (Fsp3) is 0.133. The number of hydrogen-bond donors (Lipinski definition) is 0. The standard InChI is InChI=1S/C15H13ClO/c1-10-5-3-4-6-13(10)14-8-7-12(15(16)17)9-11(14)2/h3-9H,1-2H3. The van der Waals surface area contributed by atoms with Gasteiger partial charge in [0.1, 0.15) is 0 Å². The van der Waals surface area contributed by atoms with E-state index in [2.05, 4.69) is 19.1 Å². The molecule has 2 aromatic rings. The molecule has 0 aliphatic carbocycles. The summed E-state index contributed by atoms with van der Waals surface area (Å²) in [5, 5.41) is -0.413. The zero-order valence-corrected chi connectivity index (χ0v) is 10.6. The third-order valence-corrected chi connectivity index (χ3v) is 3.11. The maximum Gasteiger partial charge on any atom is 0.252 e. The summed E-state index contributed by atoms with van der Waals surface area (Å²) in [6, 6.07) is 13.7. The SMILES string of the molecule is Cc1ccccc1-c1ccc(C(=O)Cl)cc1C. The molecule has 0 fully saturated rings. The fourth-order valence-electron chi connectivity index (χ4n) is 1.96. The fourth-order valence-corrected chi connectivity index (χ4v) is 2.08. The predicted molar refractivity (Wildman–Crippen MR) is 71.5 cm³/mol. The van der Waals surface area contributed by atoms with Gasteiger partial charge in [-0.05, 0) is 59.8 Å². The van der Waals surface area contributed by atoms with Crippen LogP contribution >= 0.6 is 11.6 Å². The lowest BCUT2D eigenvalue weighted by Gasteiger charge is -2.09. The van der Waals surface area contributed by atoms with Gasteiger partial charge in [0.15, 0.2) is 0 Å². The van der Waals surface area contributed by atoms with Gasteiger partial charge in [-0.1, -0.05) is 30.3 Å². The Morgan fingerprint density at radius 2 is 1.59 bits per heavy atom. The Kier molecular flexibility index (Phi) is 3.30. The Morgan fingerprint density at radius 3 is 2.18 bits per heavy atom. The van der Waals surface area contributed by atoms with E-state index in [0.29, 0.717) is 5.56 Å². The number of hydrogen-bond acceptors (Lipinski definition) is 1. The van der Waals surface area contributed by atoms with Gasteiger partial charge in [-0.3, -0.25) is 4.79 Å². The monoisotopic (exact) mass is 244 g/mol. The molecule has 0 aliphatic heterocycles. The average molecular weight is 245 g/mol. The minimum absolute atomic E-state index is 0.413. The van der Waals surface area contributed by atoms with E-state index in [9.17, 15) is 4.79 Å². The average Bonchev–Trinajstić information content (AvgIpc) is 2.30. The summed E-state index contributed by atoms with van der Waals surface area (Å²) in [5.41, 5.74) is 5.16. The lowest BCUT2D eigenvalue weighted by molar-refractivity contribution is 0.108. The van der Waals surface area contributed by atoms with Gasteiger partial charge >= 0.3 is 0 Å². The van der Waals surface area contributed by atoms with Crippen LogP contribution in [0.15, 0.2) is 42.5 Å². The van der Waals surface area contributed by atoms with Gasteiger partial charge in [0, 0.05) is 5.56 Å². The van der Waals surface area contributed by atoms with Crippen molar-refractivity contribution in [2.75, 3.05) is 0 Å². The highest BCUT2D eigenvalue weighted by atomic mass is 35.5. The molecule has 0 saturated carbocycles. The molecule has 0 saturated heterocycles. The molecule has 0 aromatic heterocycles. The molecule has 86 valence electrons. The summed E-state index contributed by atoms with van der Waals surface area (Å²) in [7, 11) is 0. The van der Waals surface area contributed by atoms with E-state index in [0.717, 1.165) is 11.1 Å². The molecule has 0 radical (unpaired) electrons. The van der Waals surface area contributed by atoms with E-state index in [1.807, 2.05) is 31.2 Å². The van der Waals surface area contributed by atoms with Crippen molar-refractivity contribution in [1.82, 2.24) is 0 Å². The lowest BCUT2D eigenvalue weighted by atomic mass is 9.95. The van der Waals surface area contributed by atoms with Crippen molar-refractivity contribution in [3.05, 3.63) is 59.2 Å². The first-order valence-corrected chi connectivity index (χ1v) is 5.84. The quantitative estimate of drug-likeness (QED) is 0.718. The Bertz CT molecular complexity index is 573. The second-order valence-electron chi connectivity index (χ2n) is 4.12. The zero-order chi connectivity index (χ0) is 12.4. The van der Waals surface area contributed by atoms with Crippen LogP contribution in [0.3, 0.4) is 0 Å². The number of halogens is 1. The van der Waals surface area contributed by atoms with Crippen LogP contribution in [0, 0.1) is 13.8 Å². The molecule has 0 atom stereocenters. The maximum absolute atomic E-state index is 11.1. The molecule has 0 spiro atoms. The zero-order valence-electron chi connectivity index (χ0n) is 9.83. The first-order valence-electron chi connectivity index (χ1n) is 5.46. The van der Waals surface area contributed by atoms with Crippen LogP contribution < -0.4 is 0 Å². The number of aryl methyl sites for hydroxylation is 2. The van der Waals surface area contributed by atoms with Crippen LogP contribution in [-0.4, -0.2) is 5.24 Å². The summed E-state index contributed by atoms with van der Waals surface area (Å²) < 4.78 is 0. The highest BCUT2D eigenvalue weighted by molar-refractivity contribution is 6.67. The molecular weight excluding hydrogens is 232 g/mol. The van der Waals surface area contributed by atoms with Gasteiger partial charge < -0.3 is 0 Å². The van der Waals surface area contributed by atoms with Crippen molar-refractivity contribution in [2.45, 2.75) is 13.8 Å². The molecule has 0 amide bonds. The smallest absolute Gasteiger partial charge is 0.252 e. The van der Waals surface area contributed by atoms with Gasteiger partial charge in [0.05, 0.1) is 0 Å². The van der Waals surface area contributed by atoms with E-state index in [1.54, 1.807) is 6.07 Å². The Balaban J connectivity index is 2.55. The maximum atomic E-state index is 11.1. The van der Waals surface area contributed by atoms with Gasteiger partial charge in [0.2, 0.25) is 0 Å². The van der Waals surface area contributed by atoms with Gasteiger partial charge in [-0.2, -0.15) is 0 Å². The normalized spacial score (nSPS) is 10.3. The lowest BCUT2D eigenvalue weighted by Crippen LogP contribution is -1.92. The van der Waals surface area contributed by atoms with Crippen LogP contribution in [0.1, 0.15) is 21.5 Å². The van der Waals surface area contributed by atoms with Crippen LogP contribution in [0.2, 0.25) is 0 Å². The summed E-state index contributed by atoms with van der Waals surface area (Å²) >= 11 is 5.47. The highest BCUT2D eigenvalue weighted by Crippen LogP contribution is 2.27. The predicted octanol–water partition coefficient (Wildman–Crippen LogP) is 4.35. The first kappa shape index (κ1) is 11.9. The van der Waals surface area contributed by atoms with E-state index < -0.39 is 5.24 Å². The van der Waals surface area contributed by atoms with E-state index in [4.69, 9.17) is 11.6 Å². The minimum Gasteiger partial charge on any atom is -0.276 e.